The van der Waals surface area contributed by atoms with E-state index in [1.165, 1.54) is 76.8 Å². The van der Waals surface area contributed by atoms with E-state index in [1.54, 1.807) is 0 Å². The number of rotatable bonds is 3. The van der Waals surface area contributed by atoms with Crippen LogP contribution in [0.15, 0.2) is 194 Å². The van der Waals surface area contributed by atoms with Crippen LogP contribution in [0.5, 0.6) is 0 Å². The fourth-order valence-corrected chi connectivity index (χ4v) is 9.76. The summed E-state index contributed by atoms with van der Waals surface area (Å²) in [5.74, 6) is 0.720. The van der Waals surface area contributed by atoms with Gasteiger partial charge in [-0.3, -0.25) is 0 Å². The van der Waals surface area contributed by atoms with E-state index in [2.05, 4.69) is 182 Å². The van der Waals surface area contributed by atoms with Crippen LogP contribution in [-0.2, 0) is 5.41 Å². The van der Waals surface area contributed by atoms with E-state index in [1.807, 2.05) is 12.1 Å². The van der Waals surface area contributed by atoms with Gasteiger partial charge in [0.15, 0.2) is 5.82 Å². The minimum absolute atomic E-state index is 0.508. The number of benzene rings is 9. The van der Waals surface area contributed by atoms with Gasteiger partial charge in [-0.15, -0.1) is 0 Å². The smallest absolute Gasteiger partial charge is 0.160 e. The second-order valence-electron chi connectivity index (χ2n) is 14.8. The second-order valence-corrected chi connectivity index (χ2v) is 14.8. The molecule has 0 saturated heterocycles. The molecule has 55 heavy (non-hydrogen) atoms. The summed E-state index contributed by atoms with van der Waals surface area (Å²) in [4.78, 5) is 10.4. The highest BCUT2D eigenvalue weighted by atomic mass is 14.9. The molecule has 0 N–H and O–H groups in total. The van der Waals surface area contributed by atoms with Gasteiger partial charge in [0.2, 0.25) is 0 Å². The molecule has 0 aliphatic heterocycles. The van der Waals surface area contributed by atoms with Crippen molar-refractivity contribution in [1.29, 1.82) is 0 Å². The van der Waals surface area contributed by atoms with Crippen LogP contribution < -0.4 is 0 Å². The lowest BCUT2D eigenvalue weighted by Gasteiger charge is -2.31. The highest BCUT2D eigenvalue weighted by Crippen LogP contribution is 2.64. The molecule has 1 spiro atoms. The van der Waals surface area contributed by atoms with Gasteiger partial charge in [0.1, 0.15) is 0 Å². The van der Waals surface area contributed by atoms with Crippen LogP contribution in [-0.4, -0.2) is 9.97 Å². The van der Waals surface area contributed by atoms with Crippen molar-refractivity contribution in [3.8, 4) is 56.2 Å². The zero-order valence-electron chi connectivity index (χ0n) is 29.9. The molecule has 2 heteroatoms. The average molecular weight is 697 g/mol. The highest BCUT2D eigenvalue weighted by molar-refractivity contribution is 6.26. The van der Waals surface area contributed by atoms with Crippen molar-refractivity contribution in [1.82, 2.24) is 9.97 Å². The molecule has 0 bridgehead atoms. The average Bonchev–Trinajstić information content (AvgIpc) is 3.73. The molecule has 0 amide bonds. The Hall–Kier alpha value is -7.16. The zero-order valence-corrected chi connectivity index (χ0v) is 29.9. The first kappa shape index (κ1) is 30.3. The van der Waals surface area contributed by atoms with Gasteiger partial charge in [-0.25, -0.2) is 9.97 Å². The molecule has 10 aromatic rings. The van der Waals surface area contributed by atoms with Gasteiger partial charge in [-0.05, 0) is 101 Å². The van der Waals surface area contributed by atoms with Crippen LogP contribution in [0, 0.1) is 0 Å². The first-order chi connectivity index (χ1) is 27.3. The van der Waals surface area contributed by atoms with Crippen molar-refractivity contribution in [2.75, 3.05) is 0 Å². The molecule has 1 heterocycles. The van der Waals surface area contributed by atoms with Gasteiger partial charge in [-0.2, -0.15) is 0 Å². The number of aromatic nitrogens is 2. The lowest BCUT2D eigenvalue weighted by atomic mass is 9.70. The maximum absolute atomic E-state index is 5.27. The third kappa shape index (κ3) is 4.19. The van der Waals surface area contributed by atoms with E-state index >= 15 is 0 Å². The summed E-state index contributed by atoms with van der Waals surface area (Å²) in [6.07, 6.45) is 0. The molecule has 12 rings (SSSR count). The third-order valence-corrected chi connectivity index (χ3v) is 12.1. The Balaban J connectivity index is 1.17. The molecule has 0 radical (unpaired) electrons. The normalized spacial score (nSPS) is 15.0. The highest BCUT2D eigenvalue weighted by Gasteiger charge is 2.52. The van der Waals surface area contributed by atoms with E-state index in [0.29, 0.717) is 0 Å². The van der Waals surface area contributed by atoms with Crippen molar-refractivity contribution in [2.24, 2.45) is 0 Å². The summed E-state index contributed by atoms with van der Waals surface area (Å²) in [5, 5.41) is 7.74. The number of hydrogen-bond donors (Lipinski definition) is 0. The van der Waals surface area contributed by atoms with E-state index < -0.39 is 5.41 Å². The van der Waals surface area contributed by atoms with Crippen LogP contribution in [0.25, 0.3) is 88.5 Å². The largest absolute Gasteiger partial charge is 0.228 e. The van der Waals surface area contributed by atoms with Gasteiger partial charge in [-0.1, -0.05) is 170 Å². The maximum atomic E-state index is 5.27. The number of hydrogen-bond acceptors (Lipinski definition) is 2. The fourth-order valence-electron chi connectivity index (χ4n) is 9.76. The Bertz CT molecular complexity index is 3140. The minimum Gasteiger partial charge on any atom is -0.228 e. The fraction of sp³-hybridized carbons (Fsp3) is 0.0189. The first-order valence-electron chi connectivity index (χ1n) is 19.0. The molecule has 0 fully saturated rings. The van der Waals surface area contributed by atoms with Crippen molar-refractivity contribution in [3.63, 3.8) is 0 Å². The lowest BCUT2D eigenvalue weighted by molar-refractivity contribution is 0.795. The van der Waals surface area contributed by atoms with E-state index in [9.17, 15) is 0 Å². The number of nitrogens with zero attached hydrogens (tertiary/aromatic N) is 2. The van der Waals surface area contributed by atoms with Gasteiger partial charge in [0.25, 0.3) is 0 Å². The quantitative estimate of drug-likeness (QED) is 0.172. The molecule has 1 unspecified atom stereocenters. The maximum Gasteiger partial charge on any atom is 0.160 e. The van der Waals surface area contributed by atoms with E-state index in [-0.39, 0.29) is 0 Å². The Kier molecular flexibility index (Phi) is 6.29. The molecular weight excluding hydrogens is 665 g/mol. The Morgan fingerprint density at radius 1 is 0.273 bits per heavy atom. The van der Waals surface area contributed by atoms with Crippen LogP contribution >= 0.6 is 0 Å². The van der Waals surface area contributed by atoms with Crippen molar-refractivity contribution >= 4 is 32.3 Å². The van der Waals surface area contributed by atoms with Crippen LogP contribution in [0.2, 0.25) is 0 Å². The van der Waals surface area contributed by atoms with Crippen molar-refractivity contribution < 1.29 is 0 Å². The first-order valence-corrected chi connectivity index (χ1v) is 19.0. The molecule has 1 atom stereocenters. The van der Waals surface area contributed by atoms with E-state index in [4.69, 9.17) is 9.97 Å². The van der Waals surface area contributed by atoms with Gasteiger partial charge in [0, 0.05) is 16.7 Å². The van der Waals surface area contributed by atoms with Gasteiger partial charge < -0.3 is 0 Å². The zero-order chi connectivity index (χ0) is 36.1. The molecule has 1 aromatic heterocycles. The third-order valence-electron chi connectivity index (χ3n) is 12.1. The SMILES string of the molecule is c1ccc(-c2cc(-c3ccc4c(c3)C3(c5ccccc5-4)c4ccccc4-c4cc5c6ccccc6c6ccccc6c5cc43)nc(-c3ccccc3)n2)cc1. The topological polar surface area (TPSA) is 25.8 Å². The molecule has 9 aromatic carbocycles. The molecule has 254 valence electrons. The summed E-state index contributed by atoms with van der Waals surface area (Å²) in [6.45, 7) is 0. The van der Waals surface area contributed by atoms with Crippen LogP contribution in [0.4, 0.5) is 0 Å². The summed E-state index contributed by atoms with van der Waals surface area (Å²) in [6, 6.07) is 70.9. The molecular formula is C53H32N2. The number of fused-ring (bicyclic) bond motifs is 16. The molecule has 2 aliphatic rings. The van der Waals surface area contributed by atoms with Crippen molar-refractivity contribution in [2.45, 2.75) is 5.41 Å². The molecule has 2 aliphatic carbocycles. The molecule has 0 saturated carbocycles. The Labute approximate surface area is 319 Å². The summed E-state index contributed by atoms with van der Waals surface area (Å²) in [5.41, 5.74) is 14.9. The summed E-state index contributed by atoms with van der Waals surface area (Å²) in [7, 11) is 0. The summed E-state index contributed by atoms with van der Waals surface area (Å²) < 4.78 is 0. The van der Waals surface area contributed by atoms with Crippen LogP contribution in [0.3, 0.4) is 0 Å². The predicted octanol–water partition coefficient (Wildman–Crippen LogP) is 13.3. The second kappa shape index (κ2) is 11.4. The van der Waals surface area contributed by atoms with E-state index in [0.717, 1.165) is 33.9 Å². The lowest BCUT2D eigenvalue weighted by Crippen LogP contribution is -2.26. The minimum atomic E-state index is -0.508. The van der Waals surface area contributed by atoms with Crippen molar-refractivity contribution in [3.05, 3.63) is 216 Å². The predicted molar refractivity (Wildman–Crippen MR) is 227 cm³/mol. The Morgan fingerprint density at radius 2 is 0.727 bits per heavy atom. The summed E-state index contributed by atoms with van der Waals surface area (Å²) >= 11 is 0. The standard InChI is InChI=1S/C53H32N2/c1-3-15-33(16-4-1)50-32-51(55-52(54-50)34-17-5-2-6-18-34)35-27-28-42-40-23-11-13-25-46(40)53(48(42)29-35)47-26-14-12-24-41(47)45-30-43-38-21-9-7-19-36(38)37-20-8-10-22-39(37)44(43)31-49(45)53/h1-32H. The monoisotopic (exact) mass is 696 g/mol. The van der Waals surface area contributed by atoms with Crippen LogP contribution in [0.1, 0.15) is 22.3 Å². The van der Waals surface area contributed by atoms with Gasteiger partial charge >= 0.3 is 0 Å². The van der Waals surface area contributed by atoms with Gasteiger partial charge in [0.05, 0.1) is 16.8 Å². The Morgan fingerprint density at radius 3 is 1.36 bits per heavy atom. The molecule has 2 nitrogen and oxygen atoms in total.